The Bertz CT molecular complexity index is 269. The Labute approximate surface area is 86.6 Å². The van der Waals surface area contributed by atoms with Crippen LogP contribution in [0.15, 0.2) is 0 Å². The molecule has 5 heteroatoms. The van der Waals surface area contributed by atoms with Crippen LogP contribution in [0.4, 0.5) is 0 Å². The highest BCUT2D eigenvalue weighted by Gasteiger charge is 2.45. The fraction of sp³-hybridized carbons (Fsp3) is 0.778. The number of thioether (sulfide) groups is 1. The van der Waals surface area contributed by atoms with Crippen molar-refractivity contribution in [2.75, 3.05) is 6.54 Å². The van der Waals surface area contributed by atoms with Gasteiger partial charge in [0.1, 0.15) is 0 Å². The van der Waals surface area contributed by atoms with Gasteiger partial charge in [-0.3, -0.25) is 9.69 Å². The highest BCUT2D eigenvalue weighted by molar-refractivity contribution is 8.14. The summed E-state index contributed by atoms with van der Waals surface area (Å²) in [6.07, 6.45) is 4.20. The van der Waals surface area contributed by atoms with Crippen LogP contribution in [-0.2, 0) is 9.59 Å². The van der Waals surface area contributed by atoms with Crippen molar-refractivity contribution >= 4 is 22.8 Å². The molecule has 2 atom stereocenters. The minimum atomic E-state index is -0.994. The molecule has 0 saturated carbocycles. The Morgan fingerprint density at radius 1 is 1.43 bits per heavy atom. The van der Waals surface area contributed by atoms with Crippen LogP contribution in [0.2, 0.25) is 0 Å². The van der Waals surface area contributed by atoms with Crippen molar-refractivity contribution in [3.63, 3.8) is 0 Å². The van der Waals surface area contributed by atoms with Crippen LogP contribution in [0.1, 0.15) is 25.7 Å². The summed E-state index contributed by atoms with van der Waals surface area (Å²) in [5, 5.41) is 8.86. The first kappa shape index (κ1) is 9.98. The molecular formula is C9H13NO3S. The fourth-order valence-corrected chi connectivity index (χ4v) is 3.38. The molecule has 0 aliphatic carbocycles. The van der Waals surface area contributed by atoms with E-state index in [0.717, 1.165) is 32.2 Å². The molecule has 4 nitrogen and oxygen atoms in total. The number of fused-ring (bicyclic) bond motifs is 1. The van der Waals surface area contributed by atoms with Crippen molar-refractivity contribution < 1.29 is 14.7 Å². The number of hydrogen-bond donors (Lipinski definition) is 1. The molecule has 2 unspecified atom stereocenters. The lowest BCUT2D eigenvalue weighted by atomic mass is 10.2. The summed E-state index contributed by atoms with van der Waals surface area (Å²) in [5.41, 5.74) is 0. The summed E-state index contributed by atoms with van der Waals surface area (Å²) < 4.78 is 0. The molecule has 0 aromatic heterocycles. The zero-order chi connectivity index (χ0) is 10.1. The monoisotopic (exact) mass is 215 g/mol. The van der Waals surface area contributed by atoms with E-state index in [4.69, 9.17) is 5.11 Å². The third kappa shape index (κ3) is 1.66. The van der Waals surface area contributed by atoms with E-state index in [9.17, 15) is 9.59 Å². The quantitative estimate of drug-likeness (QED) is 0.659. The summed E-state index contributed by atoms with van der Waals surface area (Å²) >= 11 is 1.21. The van der Waals surface area contributed by atoms with Gasteiger partial charge in [-0.05, 0) is 12.8 Å². The van der Waals surface area contributed by atoms with Gasteiger partial charge < -0.3 is 5.11 Å². The average molecular weight is 215 g/mol. The standard InChI is InChI=1S/C9H13NO3S/c11-8(12)7-9(13)14-6-4-2-1-3-5-10(6)7/h6-7H,1-5H2,(H,11,12). The molecule has 2 saturated heterocycles. The highest BCUT2D eigenvalue weighted by Crippen LogP contribution is 2.35. The van der Waals surface area contributed by atoms with Crippen molar-refractivity contribution in [2.24, 2.45) is 0 Å². The lowest BCUT2D eigenvalue weighted by Crippen LogP contribution is -2.42. The number of carboxylic acid groups (broad SMARTS) is 1. The number of aliphatic carboxylic acids is 1. The van der Waals surface area contributed by atoms with E-state index in [1.165, 1.54) is 11.8 Å². The molecule has 0 amide bonds. The van der Waals surface area contributed by atoms with E-state index in [1.807, 2.05) is 4.90 Å². The van der Waals surface area contributed by atoms with E-state index in [0.29, 0.717) is 0 Å². The first-order chi connectivity index (χ1) is 6.70. The molecule has 1 N–H and O–H groups in total. The minimum absolute atomic E-state index is 0.117. The van der Waals surface area contributed by atoms with E-state index < -0.39 is 12.0 Å². The van der Waals surface area contributed by atoms with E-state index >= 15 is 0 Å². The molecular weight excluding hydrogens is 202 g/mol. The predicted octanol–water partition coefficient (Wildman–Crippen LogP) is 0.915. The number of carbonyl (C=O) groups excluding carboxylic acids is 1. The first-order valence-electron chi connectivity index (χ1n) is 4.89. The maximum Gasteiger partial charge on any atom is 0.329 e. The van der Waals surface area contributed by atoms with Crippen molar-refractivity contribution in [1.82, 2.24) is 4.90 Å². The second kappa shape index (κ2) is 3.90. The van der Waals surface area contributed by atoms with Gasteiger partial charge in [0, 0.05) is 6.54 Å². The maximum absolute atomic E-state index is 11.4. The van der Waals surface area contributed by atoms with Gasteiger partial charge in [0.15, 0.2) is 6.04 Å². The molecule has 2 aliphatic heterocycles. The number of carbonyl (C=O) groups is 2. The molecule has 14 heavy (non-hydrogen) atoms. The maximum atomic E-state index is 11.4. The van der Waals surface area contributed by atoms with Gasteiger partial charge >= 0.3 is 5.97 Å². The molecule has 2 rings (SSSR count). The number of carboxylic acids is 1. The summed E-state index contributed by atoms with van der Waals surface area (Å²) in [4.78, 5) is 24.2. The van der Waals surface area contributed by atoms with Crippen molar-refractivity contribution in [3.05, 3.63) is 0 Å². The van der Waals surface area contributed by atoms with Crippen LogP contribution in [0.3, 0.4) is 0 Å². The van der Waals surface area contributed by atoms with Gasteiger partial charge in [-0.2, -0.15) is 0 Å². The first-order valence-corrected chi connectivity index (χ1v) is 5.77. The van der Waals surface area contributed by atoms with Gasteiger partial charge in [0.2, 0.25) is 5.12 Å². The van der Waals surface area contributed by atoms with Gasteiger partial charge in [-0.1, -0.05) is 24.6 Å². The van der Waals surface area contributed by atoms with E-state index in [-0.39, 0.29) is 10.5 Å². The molecule has 0 spiro atoms. The molecule has 2 heterocycles. The average Bonchev–Trinajstić information content (AvgIpc) is 2.31. The van der Waals surface area contributed by atoms with Gasteiger partial charge in [-0.25, -0.2) is 4.79 Å². The lowest BCUT2D eigenvalue weighted by Gasteiger charge is -2.22. The van der Waals surface area contributed by atoms with Crippen LogP contribution in [-0.4, -0.2) is 39.1 Å². The second-order valence-corrected chi connectivity index (χ2v) is 4.90. The third-order valence-corrected chi connectivity index (χ3v) is 4.01. The largest absolute Gasteiger partial charge is 0.480 e. The van der Waals surface area contributed by atoms with Crippen molar-refractivity contribution in [3.8, 4) is 0 Å². The molecule has 0 aromatic rings. The smallest absolute Gasteiger partial charge is 0.329 e. The molecule has 78 valence electrons. The van der Waals surface area contributed by atoms with Gasteiger partial charge in [0.25, 0.3) is 0 Å². The Morgan fingerprint density at radius 3 is 2.93 bits per heavy atom. The van der Waals surface area contributed by atoms with Gasteiger partial charge in [0.05, 0.1) is 5.37 Å². The Kier molecular flexibility index (Phi) is 2.78. The lowest BCUT2D eigenvalue weighted by molar-refractivity contribution is -0.145. The molecule has 2 fully saturated rings. The van der Waals surface area contributed by atoms with E-state index in [2.05, 4.69) is 0 Å². The van der Waals surface area contributed by atoms with Crippen LogP contribution >= 0.6 is 11.8 Å². The second-order valence-electron chi connectivity index (χ2n) is 3.72. The van der Waals surface area contributed by atoms with Crippen LogP contribution in [0, 0.1) is 0 Å². The normalized spacial score (nSPS) is 33.9. The molecule has 0 aromatic carbocycles. The summed E-state index contributed by atoms with van der Waals surface area (Å²) in [7, 11) is 0. The number of nitrogens with zero attached hydrogens (tertiary/aromatic N) is 1. The van der Waals surface area contributed by atoms with Crippen LogP contribution < -0.4 is 0 Å². The number of rotatable bonds is 1. The van der Waals surface area contributed by atoms with E-state index in [1.54, 1.807) is 0 Å². The summed E-state index contributed by atoms with van der Waals surface area (Å²) in [5.74, 6) is -0.994. The minimum Gasteiger partial charge on any atom is -0.480 e. The van der Waals surface area contributed by atoms with Gasteiger partial charge in [-0.15, -0.1) is 0 Å². The predicted molar refractivity (Wildman–Crippen MR) is 53.0 cm³/mol. The molecule has 0 bridgehead atoms. The summed E-state index contributed by atoms with van der Waals surface area (Å²) in [6.45, 7) is 0.750. The van der Waals surface area contributed by atoms with Crippen LogP contribution in [0.5, 0.6) is 0 Å². The molecule has 2 aliphatic rings. The summed E-state index contributed by atoms with van der Waals surface area (Å²) in [6, 6.07) is -0.886. The number of hydrogen-bond acceptors (Lipinski definition) is 4. The Hall–Kier alpha value is -0.550. The zero-order valence-electron chi connectivity index (χ0n) is 7.81. The molecule has 0 radical (unpaired) electrons. The third-order valence-electron chi connectivity index (χ3n) is 2.78. The topological polar surface area (TPSA) is 57.6 Å². The highest BCUT2D eigenvalue weighted by atomic mass is 32.2. The Balaban J connectivity index is 2.17. The van der Waals surface area contributed by atoms with Crippen molar-refractivity contribution in [1.29, 1.82) is 0 Å². The fourth-order valence-electron chi connectivity index (χ4n) is 2.10. The zero-order valence-corrected chi connectivity index (χ0v) is 8.63. The van der Waals surface area contributed by atoms with Crippen molar-refractivity contribution in [2.45, 2.75) is 37.1 Å². The van der Waals surface area contributed by atoms with Crippen LogP contribution in [0.25, 0.3) is 0 Å². The SMILES string of the molecule is O=C(O)C1C(=O)SC2CCCCCN21. The Morgan fingerprint density at radius 2 is 2.21 bits per heavy atom.